The molecule has 50 heavy (non-hydrogen) atoms. The quantitative estimate of drug-likeness (QED) is 0.0745. The summed E-state index contributed by atoms with van der Waals surface area (Å²) in [5.41, 5.74) is 10.8. The number of nitrogens with one attached hydrogen (secondary N) is 1. The highest BCUT2D eigenvalue weighted by Gasteiger charge is 2.54. The molecule has 0 spiro atoms. The summed E-state index contributed by atoms with van der Waals surface area (Å²) < 4.78 is 73.4. The number of aliphatic hydroxyl groups is 2. The van der Waals surface area contributed by atoms with Crippen LogP contribution in [0.4, 0.5) is 11.8 Å². The van der Waals surface area contributed by atoms with E-state index in [9.17, 15) is 33.8 Å². The number of nitrogens with zero attached hydrogens (tertiary/aromatic N) is 7. The van der Waals surface area contributed by atoms with E-state index in [1.54, 1.807) is 0 Å². The lowest BCUT2D eigenvalue weighted by atomic mass is 10.1. The molecule has 3 aliphatic heterocycles. The first-order valence-electron chi connectivity index (χ1n) is 14.4. The predicted octanol–water partition coefficient (Wildman–Crippen LogP) is -1.80. The number of phosphoric acid groups is 2. The number of aliphatic hydroxyl groups excluding tert-OH is 2. The van der Waals surface area contributed by atoms with Gasteiger partial charge in [-0.3, -0.25) is 41.8 Å². The lowest BCUT2D eigenvalue weighted by Crippen LogP contribution is -2.36. The molecule has 3 fully saturated rings. The fourth-order valence-corrected chi connectivity index (χ4v) is 7.73. The normalized spacial score (nSPS) is 35.0. The van der Waals surface area contributed by atoms with Crippen LogP contribution in [0.1, 0.15) is 19.4 Å². The number of hydrogen-bond acceptors (Lipinski definition) is 21. The van der Waals surface area contributed by atoms with Crippen molar-refractivity contribution < 1.29 is 65.9 Å². The lowest BCUT2D eigenvalue weighted by molar-refractivity contribution is -0.149. The Bertz CT molecular complexity index is 2090. The molecule has 27 heteroatoms. The van der Waals surface area contributed by atoms with Crippen LogP contribution in [0.3, 0.4) is 0 Å². The van der Waals surface area contributed by atoms with Gasteiger partial charge in [0.1, 0.15) is 48.5 Å². The van der Waals surface area contributed by atoms with Gasteiger partial charge in [-0.15, -0.1) is 0 Å². The number of aromatic nitrogens is 8. The Kier molecular flexibility index (Phi) is 8.95. The summed E-state index contributed by atoms with van der Waals surface area (Å²) in [5.74, 6) is -1.10. The second-order valence-corrected chi connectivity index (χ2v) is 14.0. The van der Waals surface area contributed by atoms with E-state index in [1.807, 2.05) is 0 Å². The van der Waals surface area contributed by atoms with Crippen LogP contribution in [-0.4, -0.2) is 117 Å². The minimum absolute atomic E-state index is 0.0201. The van der Waals surface area contributed by atoms with Crippen molar-refractivity contribution in [2.24, 2.45) is 0 Å². The Morgan fingerprint density at radius 3 is 2.42 bits per heavy atom. The number of carbonyl (C=O) groups excluding carboxylic acids is 1. The number of esters is 1. The first kappa shape index (κ1) is 34.5. The third-order valence-electron chi connectivity index (χ3n) is 7.79. The van der Waals surface area contributed by atoms with Crippen LogP contribution >= 0.6 is 15.6 Å². The second kappa shape index (κ2) is 13.0. The Balaban J connectivity index is 1.25. The molecule has 4 aromatic heterocycles. The molecule has 10 atom stereocenters. The van der Waals surface area contributed by atoms with Crippen LogP contribution in [0, 0.1) is 0 Å². The average molecular weight is 746 g/mol. The number of hydrogen-bond donors (Lipinski definition) is 6. The summed E-state index contributed by atoms with van der Waals surface area (Å²) in [5, 5.41) is 22.6. The topological polar surface area (TPSA) is 345 Å². The highest BCUT2D eigenvalue weighted by atomic mass is 31.2. The predicted molar refractivity (Wildman–Crippen MR) is 159 cm³/mol. The molecule has 3 aliphatic rings. The van der Waals surface area contributed by atoms with E-state index in [0.29, 0.717) is 0 Å². The van der Waals surface area contributed by atoms with Crippen molar-refractivity contribution in [3.05, 3.63) is 29.3 Å². The van der Waals surface area contributed by atoms with Gasteiger partial charge in [0, 0.05) is 6.92 Å². The van der Waals surface area contributed by atoms with Gasteiger partial charge in [-0.1, -0.05) is 0 Å². The summed E-state index contributed by atoms with van der Waals surface area (Å²) in [7, 11) is -10.1. The highest BCUT2D eigenvalue weighted by Crippen LogP contribution is 2.56. The van der Waals surface area contributed by atoms with E-state index in [1.165, 1.54) is 10.9 Å². The molecule has 4 aromatic rings. The number of nitrogen functional groups attached to an aromatic ring is 2. The highest BCUT2D eigenvalue weighted by molar-refractivity contribution is 7.48. The summed E-state index contributed by atoms with van der Waals surface area (Å²) in [4.78, 5) is 57.0. The summed E-state index contributed by atoms with van der Waals surface area (Å²) in [6, 6.07) is 0. The van der Waals surface area contributed by atoms with Gasteiger partial charge in [-0.25, -0.2) is 33.6 Å². The average Bonchev–Trinajstić information content (AvgIpc) is 3.80. The number of aromatic amines is 1. The van der Waals surface area contributed by atoms with Crippen molar-refractivity contribution in [2.45, 2.75) is 56.0 Å². The van der Waals surface area contributed by atoms with E-state index in [0.717, 1.165) is 24.1 Å². The molecule has 0 radical (unpaired) electrons. The monoisotopic (exact) mass is 746 g/mol. The lowest BCUT2D eigenvalue weighted by Gasteiger charge is -2.27. The Hall–Kier alpha value is -3.97. The first-order chi connectivity index (χ1) is 23.7. The number of anilines is 2. The van der Waals surface area contributed by atoms with Crippen LogP contribution in [0.25, 0.3) is 22.3 Å². The number of ether oxygens (including phenoxy) is 3. The molecule has 10 unspecified atom stereocenters. The number of H-pyrrole nitrogens is 1. The Morgan fingerprint density at radius 2 is 1.66 bits per heavy atom. The van der Waals surface area contributed by atoms with Crippen molar-refractivity contribution >= 4 is 55.7 Å². The summed E-state index contributed by atoms with van der Waals surface area (Å²) in [6.07, 6.45) is -9.47. The molecule has 7 heterocycles. The Labute approximate surface area is 277 Å². The van der Waals surface area contributed by atoms with E-state index >= 15 is 0 Å². The number of imidazole rings is 2. The van der Waals surface area contributed by atoms with E-state index in [4.69, 9.17) is 48.3 Å². The largest absolute Gasteiger partial charge is 0.478 e. The van der Waals surface area contributed by atoms with Crippen molar-refractivity contribution in [1.82, 2.24) is 39.0 Å². The molecule has 7 rings (SSSR count). The van der Waals surface area contributed by atoms with Gasteiger partial charge in [0.25, 0.3) is 5.56 Å². The van der Waals surface area contributed by atoms with E-state index < -0.39 is 96.3 Å². The molecule has 0 saturated carbocycles. The molecular weight excluding hydrogens is 718 g/mol. The number of rotatable bonds is 5. The summed E-state index contributed by atoms with van der Waals surface area (Å²) in [6.45, 7) is -1.58. The molecule has 3 saturated heterocycles. The van der Waals surface area contributed by atoms with Gasteiger partial charge >= 0.3 is 21.6 Å². The minimum Gasteiger partial charge on any atom is -0.438 e. The van der Waals surface area contributed by atoms with Gasteiger partial charge in [-0.05, 0) is 0 Å². The van der Waals surface area contributed by atoms with Gasteiger partial charge in [0.05, 0.1) is 25.9 Å². The molecular formula is C23H28N10O15P2. The van der Waals surface area contributed by atoms with Crippen molar-refractivity contribution in [1.29, 1.82) is 0 Å². The van der Waals surface area contributed by atoms with Crippen molar-refractivity contribution in [3.8, 4) is 0 Å². The van der Waals surface area contributed by atoms with Gasteiger partial charge < -0.3 is 40.8 Å². The molecule has 0 amide bonds. The second-order valence-electron chi connectivity index (χ2n) is 11.0. The number of carbonyl (C=O) groups is 1. The molecule has 0 aliphatic carbocycles. The third-order valence-corrected chi connectivity index (χ3v) is 10.2. The van der Waals surface area contributed by atoms with Crippen LogP contribution in [0.15, 0.2) is 23.8 Å². The maximum atomic E-state index is 14.2. The SMILES string of the molecule is CC(=O)OCOP1(=O)OCC2OC(n3cnc4c(N)ncnc43)C(O)C2OP(=O)(O)OCC2OC(n3cnc4c(=O)[nH]c(N)nc43)C(O1)C2O. The fourth-order valence-electron chi connectivity index (χ4n) is 5.53. The standard InChI is InChI=1S/C23H28N10O15P2/c1-8(34)41-7-44-50(40)43-3-10-15(14(36)21(46-10)32-5-28-11-17(24)26-4-27-18(11)32)47-49(38,39)42-2-9-13(35)16(48-50)22(45-9)33-6-29-12-19(33)30-23(25)31-20(12)37/h4-6,9-10,13-16,21-22,35-36H,2-3,7H2,1H3,(H,38,39)(H2,24,26,27)(H3,25,30,31,37). The molecule has 25 nitrogen and oxygen atoms in total. The molecule has 2 bridgehead atoms. The zero-order valence-corrected chi connectivity index (χ0v) is 27.2. The van der Waals surface area contributed by atoms with Gasteiger partial charge in [0.2, 0.25) is 12.7 Å². The van der Waals surface area contributed by atoms with Crippen LogP contribution in [0.5, 0.6) is 0 Å². The number of phosphoric ester groups is 2. The summed E-state index contributed by atoms with van der Waals surface area (Å²) >= 11 is 0. The maximum absolute atomic E-state index is 14.2. The maximum Gasteiger partial charge on any atom is 0.478 e. The fraction of sp³-hybridized carbons (Fsp3) is 0.522. The number of nitrogens with two attached hydrogens (primary N) is 2. The van der Waals surface area contributed by atoms with Crippen LogP contribution in [0.2, 0.25) is 0 Å². The molecule has 270 valence electrons. The molecule has 8 N–H and O–H groups in total. The third kappa shape index (κ3) is 6.38. The number of fused-ring (bicyclic) bond motifs is 5. The van der Waals surface area contributed by atoms with E-state index in [2.05, 4.69) is 29.9 Å². The van der Waals surface area contributed by atoms with Crippen LogP contribution < -0.4 is 17.0 Å². The molecule has 0 aromatic carbocycles. The Morgan fingerprint density at radius 1 is 0.960 bits per heavy atom. The van der Waals surface area contributed by atoms with E-state index in [-0.39, 0.29) is 34.1 Å². The minimum atomic E-state index is -5.12. The van der Waals surface area contributed by atoms with Crippen molar-refractivity contribution in [3.63, 3.8) is 0 Å². The van der Waals surface area contributed by atoms with Gasteiger partial charge in [-0.2, -0.15) is 4.98 Å². The smallest absolute Gasteiger partial charge is 0.438 e. The van der Waals surface area contributed by atoms with Crippen molar-refractivity contribution in [2.75, 3.05) is 31.5 Å². The van der Waals surface area contributed by atoms with Gasteiger partial charge in [0.15, 0.2) is 35.1 Å². The first-order valence-corrected chi connectivity index (χ1v) is 17.4. The zero-order chi connectivity index (χ0) is 35.5. The zero-order valence-electron chi connectivity index (χ0n) is 25.4. The van der Waals surface area contributed by atoms with Crippen LogP contribution in [-0.2, 0) is 50.8 Å².